The van der Waals surface area contributed by atoms with Gasteiger partial charge in [-0.1, -0.05) is 18.2 Å². The fraction of sp³-hybridized carbons (Fsp3) is 0.158. The Morgan fingerprint density at radius 2 is 1.85 bits per heavy atom. The number of nitrogens with zero attached hydrogens (tertiary/aromatic N) is 1. The van der Waals surface area contributed by atoms with E-state index in [0.29, 0.717) is 10.7 Å². The molecule has 0 saturated heterocycles. The van der Waals surface area contributed by atoms with Crippen LogP contribution in [-0.2, 0) is 9.84 Å². The molecule has 0 radical (unpaired) electrons. The van der Waals surface area contributed by atoms with Gasteiger partial charge in [0.05, 0.1) is 10.6 Å². The molecule has 5 nitrogen and oxygen atoms in total. The van der Waals surface area contributed by atoms with E-state index in [1.165, 1.54) is 22.3 Å². The van der Waals surface area contributed by atoms with Gasteiger partial charge in [0.2, 0.25) is 0 Å². The summed E-state index contributed by atoms with van der Waals surface area (Å²) in [6.45, 7) is 1.70. The largest absolute Gasteiger partial charge is 0.298 e. The van der Waals surface area contributed by atoms with Crippen molar-refractivity contribution in [3.63, 3.8) is 0 Å². The van der Waals surface area contributed by atoms with Crippen LogP contribution in [0.4, 0.5) is 5.13 Å². The summed E-state index contributed by atoms with van der Waals surface area (Å²) in [5.41, 5.74) is 2.64. The lowest BCUT2D eigenvalue weighted by Crippen LogP contribution is -2.13. The third kappa shape index (κ3) is 4.58. The number of benzene rings is 2. The summed E-state index contributed by atoms with van der Waals surface area (Å²) in [6, 6.07) is 12.7. The lowest BCUT2D eigenvalue weighted by Gasteiger charge is -2.07. The summed E-state index contributed by atoms with van der Waals surface area (Å²) >= 11 is 2.99. The Balaban J connectivity index is 1.80. The van der Waals surface area contributed by atoms with E-state index in [1.54, 1.807) is 30.8 Å². The lowest BCUT2D eigenvalue weighted by molar-refractivity contribution is 0.102. The molecule has 0 unspecified atom stereocenters. The predicted molar refractivity (Wildman–Crippen MR) is 112 cm³/mol. The van der Waals surface area contributed by atoms with Crippen LogP contribution in [0, 0.1) is 6.92 Å². The molecule has 0 bridgehead atoms. The highest BCUT2D eigenvalue weighted by Gasteiger charge is 2.16. The fourth-order valence-corrected chi connectivity index (χ4v) is 4.65. The molecular weight excluding hydrogens is 400 g/mol. The summed E-state index contributed by atoms with van der Waals surface area (Å²) in [5.74, 6) is -0.390. The van der Waals surface area contributed by atoms with Crippen molar-refractivity contribution in [1.82, 2.24) is 4.98 Å². The molecule has 0 aliphatic carbocycles. The van der Waals surface area contributed by atoms with Gasteiger partial charge in [0.15, 0.2) is 15.0 Å². The second-order valence-corrected chi connectivity index (χ2v) is 9.69. The number of sulfone groups is 1. The molecule has 3 aromatic rings. The maximum Gasteiger partial charge on any atom is 0.257 e. The highest BCUT2D eigenvalue weighted by molar-refractivity contribution is 7.98. The van der Waals surface area contributed by atoms with Crippen molar-refractivity contribution in [1.29, 1.82) is 0 Å². The Morgan fingerprint density at radius 3 is 2.48 bits per heavy atom. The first-order valence-electron chi connectivity index (χ1n) is 8.00. The standard InChI is InChI=1S/C19H18N2O3S3/c1-12-4-5-14(10-17(12)27(3,23)24)18(22)21-19-20-16(11-26-19)13-6-8-15(25-2)9-7-13/h4-11H,1-3H3,(H,20,21,22). The first kappa shape index (κ1) is 19.6. The van der Waals surface area contributed by atoms with E-state index in [4.69, 9.17) is 0 Å². The van der Waals surface area contributed by atoms with Crippen molar-refractivity contribution in [2.24, 2.45) is 0 Å². The van der Waals surface area contributed by atoms with Crippen molar-refractivity contribution >= 4 is 44.0 Å². The second-order valence-electron chi connectivity index (χ2n) is 5.97. The van der Waals surface area contributed by atoms with E-state index in [2.05, 4.69) is 10.3 Å². The van der Waals surface area contributed by atoms with E-state index >= 15 is 0 Å². The van der Waals surface area contributed by atoms with Gasteiger partial charge in [0, 0.05) is 27.7 Å². The summed E-state index contributed by atoms with van der Waals surface area (Å²) in [5, 5.41) is 5.08. The van der Waals surface area contributed by atoms with Crippen LogP contribution in [0.25, 0.3) is 11.3 Å². The zero-order valence-electron chi connectivity index (χ0n) is 15.0. The number of thioether (sulfide) groups is 1. The minimum absolute atomic E-state index is 0.156. The van der Waals surface area contributed by atoms with Crippen LogP contribution in [0.15, 0.2) is 57.6 Å². The van der Waals surface area contributed by atoms with Crippen LogP contribution in [0.5, 0.6) is 0 Å². The van der Waals surface area contributed by atoms with Crippen molar-refractivity contribution in [3.05, 3.63) is 59.0 Å². The number of aromatic nitrogens is 1. The van der Waals surface area contributed by atoms with Gasteiger partial charge in [-0.25, -0.2) is 13.4 Å². The Labute approximate surface area is 166 Å². The summed E-state index contributed by atoms with van der Waals surface area (Å²) < 4.78 is 23.7. The molecule has 0 atom stereocenters. The third-order valence-electron chi connectivity index (χ3n) is 3.96. The van der Waals surface area contributed by atoms with Crippen molar-refractivity contribution < 1.29 is 13.2 Å². The molecule has 0 saturated carbocycles. The highest BCUT2D eigenvalue weighted by atomic mass is 32.2. The Kier molecular flexibility index (Phi) is 5.69. The van der Waals surface area contributed by atoms with Crippen molar-refractivity contribution in [2.75, 3.05) is 17.8 Å². The van der Waals surface area contributed by atoms with E-state index in [1.807, 2.05) is 35.9 Å². The van der Waals surface area contributed by atoms with Gasteiger partial charge in [-0.3, -0.25) is 10.1 Å². The molecule has 0 aliphatic rings. The Morgan fingerprint density at radius 1 is 1.15 bits per heavy atom. The molecule has 1 heterocycles. The quantitative estimate of drug-likeness (QED) is 0.618. The Bertz CT molecular complexity index is 1090. The topological polar surface area (TPSA) is 76.1 Å². The van der Waals surface area contributed by atoms with Crippen LogP contribution >= 0.6 is 23.1 Å². The van der Waals surface area contributed by atoms with Crippen molar-refractivity contribution in [3.8, 4) is 11.3 Å². The molecule has 1 amide bonds. The van der Waals surface area contributed by atoms with E-state index in [0.717, 1.165) is 17.5 Å². The lowest BCUT2D eigenvalue weighted by atomic mass is 10.1. The minimum Gasteiger partial charge on any atom is -0.298 e. The number of rotatable bonds is 5. The number of amides is 1. The first-order chi connectivity index (χ1) is 12.8. The van der Waals surface area contributed by atoms with Crippen LogP contribution in [0.2, 0.25) is 0 Å². The zero-order valence-corrected chi connectivity index (χ0v) is 17.5. The average molecular weight is 419 g/mol. The van der Waals surface area contributed by atoms with Crippen LogP contribution in [0.3, 0.4) is 0 Å². The molecule has 27 heavy (non-hydrogen) atoms. The molecular formula is C19H18N2O3S3. The normalized spacial score (nSPS) is 11.4. The number of anilines is 1. The SMILES string of the molecule is CSc1ccc(-c2csc(NC(=O)c3ccc(C)c(S(C)(=O)=O)c3)n2)cc1. The van der Waals surface area contributed by atoms with Crippen LogP contribution < -0.4 is 5.32 Å². The maximum absolute atomic E-state index is 12.5. The number of thiazole rings is 1. The van der Waals surface area contributed by atoms with Crippen LogP contribution in [0.1, 0.15) is 15.9 Å². The van der Waals surface area contributed by atoms with E-state index < -0.39 is 15.7 Å². The monoisotopic (exact) mass is 418 g/mol. The molecule has 8 heteroatoms. The van der Waals surface area contributed by atoms with Gasteiger partial charge < -0.3 is 0 Å². The van der Waals surface area contributed by atoms with E-state index in [-0.39, 0.29) is 10.5 Å². The number of nitrogens with one attached hydrogen (secondary N) is 1. The predicted octanol–water partition coefficient (Wildman–Crippen LogP) is 4.50. The maximum atomic E-state index is 12.5. The minimum atomic E-state index is -3.39. The molecule has 0 aliphatic heterocycles. The molecule has 140 valence electrons. The van der Waals surface area contributed by atoms with Crippen molar-refractivity contribution in [2.45, 2.75) is 16.7 Å². The third-order valence-corrected chi connectivity index (χ3v) is 6.70. The number of carbonyl (C=O) groups is 1. The highest BCUT2D eigenvalue weighted by Crippen LogP contribution is 2.27. The zero-order chi connectivity index (χ0) is 19.6. The summed E-state index contributed by atoms with van der Waals surface area (Å²) in [7, 11) is -3.39. The first-order valence-corrected chi connectivity index (χ1v) is 12.0. The fourth-order valence-electron chi connectivity index (χ4n) is 2.54. The van der Waals surface area contributed by atoms with Gasteiger partial charge >= 0.3 is 0 Å². The van der Waals surface area contributed by atoms with Gasteiger partial charge in [0.25, 0.3) is 5.91 Å². The van der Waals surface area contributed by atoms with E-state index in [9.17, 15) is 13.2 Å². The number of carbonyl (C=O) groups excluding carboxylic acids is 1. The summed E-state index contributed by atoms with van der Waals surface area (Å²) in [6.07, 6.45) is 3.15. The van der Waals surface area contributed by atoms with Gasteiger partial charge in [0.1, 0.15) is 0 Å². The number of aryl methyl sites for hydroxylation is 1. The molecule has 1 aromatic heterocycles. The summed E-state index contributed by atoms with van der Waals surface area (Å²) in [4.78, 5) is 18.3. The molecule has 0 spiro atoms. The molecule has 0 fully saturated rings. The average Bonchev–Trinajstić information content (AvgIpc) is 3.09. The Hall–Kier alpha value is -2.16. The van der Waals surface area contributed by atoms with Gasteiger partial charge in [-0.15, -0.1) is 23.1 Å². The number of hydrogen-bond acceptors (Lipinski definition) is 6. The van der Waals surface area contributed by atoms with Gasteiger partial charge in [-0.2, -0.15) is 0 Å². The second kappa shape index (κ2) is 7.84. The van der Waals surface area contributed by atoms with Crippen LogP contribution in [-0.4, -0.2) is 31.8 Å². The molecule has 3 rings (SSSR count). The molecule has 1 N–H and O–H groups in total. The number of hydrogen-bond donors (Lipinski definition) is 1. The smallest absolute Gasteiger partial charge is 0.257 e. The molecule has 2 aromatic carbocycles. The van der Waals surface area contributed by atoms with Gasteiger partial charge in [-0.05, 0) is 43.0 Å².